The van der Waals surface area contributed by atoms with Crippen LogP contribution in [0.15, 0.2) is 6.20 Å². The summed E-state index contributed by atoms with van der Waals surface area (Å²) in [4.78, 5) is 17.1. The van der Waals surface area contributed by atoms with Gasteiger partial charge in [0.05, 0.1) is 12.7 Å². The summed E-state index contributed by atoms with van der Waals surface area (Å²) in [5.74, 6) is 0.183. The fourth-order valence-corrected chi connectivity index (χ4v) is 2.32. The SMILES string of the molecule is NC(=O)CN(c1cnnc(Cl)n1)C1CCCC1. The van der Waals surface area contributed by atoms with E-state index in [-0.39, 0.29) is 23.8 Å². The third-order valence-electron chi connectivity index (χ3n) is 2.91. The maximum atomic E-state index is 11.1. The lowest BCUT2D eigenvalue weighted by molar-refractivity contribution is -0.116. The Morgan fingerprint density at radius 3 is 2.82 bits per heavy atom. The van der Waals surface area contributed by atoms with E-state index in [0.29, 0.717) is 5.82 Å². The fraction of sp³-hybridized carbons (Fsp3) is 0.600. The molecular formula is C10H14ClN5O. The van der Waals surface area contributed by atoms with Crippen LogP contribution in [0, 0.1) is 0 Å². The smallest absolute Gasteiger partial charge is 0.244 e. The van der Waals surface area contributed by atoms with Crippen molar-refractivity contribution in [3.05, 3.63) is 11.5 Å². The summed E-state index contributed by atoms with van der Waals surface area (Å²) >= 11 is 5.70. The average molecular weight is 256 g/mol. The molecule has 1 amide bonds. The highest BCUT2D eigenvalue weighted by Crippen LogP contribution is 2.26. The number of nitrogens with zero attached hydrogens (tertiary/aromatic N) is 4. The van der Waals surface area contributed by atoms with Crippen LogP contribution in [0.1, 0.15) is 25.7 Å². The summed E-state index contributed by atoms with van der Waals surface area (Å²) in [6, 6.07) is 0.287. The van der Waals surface area contributed by atoms with E-state index in [4.69, 9.17) is 17.3 Å². The van der Waals surface area contributed by atoms with Crippen molar-refractivity contribution >= 4 is 23.3 Å². The Kier molecular flexibility index (Phi) is 3.73. The Hall–Kier alpha value is -1.43. The van der Waals surface area contributed by atoms with Crippen molar-refractivity contribution in [2.45, 2.75) is 31.7 Å². The molecule has 1 aromatic heterocycles. The van der Waals surface area contributed by atoms with Gasteiger partial charge in [0.2, 0.25) is 11.2 Å². The zero-order valence-electron chi connectivity index (χ0n) is 9.34. The third-order valence-corrected chi connectivity index (χ3v) is 3.07. The molecule has 0 radical (unpaired) electrons. The number of carbonyl (C=O) groups is 1. The number of hydrogen-bond donors (Lipinski definition) is 1. The van der Waals surface area contributed by atoms with Crippen LogP contribution in [0.5, 0.6) is 0 Å². The van der Waals surface area contributed by atoms with E-state index in [9.17, 15) is 4.79 Å². The normalized spacial score (nSPS) is 16.1. The van der Waals surface area contributed by atoms with Crippen LogP contribution in [-0.2, 0) is 4.79 Å². The molecule has 1 saturated carbocycles. The predicted molar refractivity (Wildman–Crippen MR) is 63.6 cm³/mol. The minimum absolute atomic E-state index is 0.0787. The van der Waals surface area contributed by atoms with E-state index in [2.05, 4.69) is 15.2 Å². The first-order valence-electron chi connectivity index (χ1n) is 5.57. The molecular weight excluding hydrogens is 242 g/mol. The molecule has 0 aliphatic heterocycles. The number of hydrogen-bond acceptors (Lipinski definition) is 5. The number of halogens is 1. The quantitative estimate of drug-likeness (QED) is 0.859. The van der Waals surface area contributed by atoms with Crippen molar-refractivity contribution in [3.63, 3.8) is 0 Å². The van der Waals surface area contributed by atoms with Crippen LogP contribution in [0.4, 0.5) is 5.82 Å². The average Bonchev–Trinajstić information content (AvgIpc) is 2.79. The topological polar surface area (TPSA) is 85.0 Å². The van der Waals surface area contributed by atoms with Gasteiger partial charge in [0.1, 0.15) is 0 Å². The summed E-state index contributed by atoms with van der Waals surface area (Å²) in [5.41, 5.74) is 5.26. The first kappa shape index (κ1) is 12.0. The van der Waals surface area contributed by atoms with Crippen molar-refractivity contribution in [2.24, 2.45) is 5.73 Å². The van der Waals surface area contributed by atoms with Gasteiger partial charge in [0, 0.05) is 6.04 Å². The third kappa shape index (κ3) is 3.03. The van der Waals surface area contributed by atoms with E-state index in [1.807, 2.05) is 4.90 Å². The van der Waals surface area contributed by atoms with Crippen LogP contribution in [0.25, 0.3) is 0 Å². The number of aromatic nitrogens is 3. The second-order valence-corrected chi connectivity index (χ2v) is 4.45. The number of anilines is 1. The minimum atomic E-state index is -0.383. The number of rotatable bonds is 4. The predicted octanol–water partition coefficient (Wildman–Crippen LogP) is 0.759. The molecule has 6 nitrogen and oxygen atoms in total. The Balaban J connectivity index is 2.22. The summed E-state index contributed by atoms with van der Waals surface area (Å²) in [6.07, 6.45) is 5.90. The molecule has 0 atom stereocenters. The molecule has 92 valence electrons. The molecule has 1 heterocycles. The van der Waals surface area contributed by atoms with E-state index in [1.54, 1.807) is 0 Å². The number of amides is 1. The largest absolute Gasteiger partial charge is 0.368 e. The van der Waals surface area contributed by atoms with Crippen molar-refractivity contribution < 1.29 is 4.79 Å². The molecule has 0 aromatic carbocycles. The molecule has 1 aliphatic carbocycles. The van der Waals surface area contributed by atoms with Gasteiger partial charge in [-0.3, -0.25) is 4.79 Å². The van der Waals surface area contributed by atoms with Gasteiger partial charge in [-0.15, -0.1) is 5.10 Å². The van der Waals surface area contributed by atoms with Crippen molar-refractivity contribution in [1.29, 1.82) is 0 Å². The van der Waals surface area contributed by atoms with Gasteiger partial charge in [-0.1, -0.05) is 12.8 Å². The van der Waals surface area contributed by atoms with Crippen molar-refractivity contribution in [2.75, 3.05) is 11.4 Å². The van der Waals surface area contributed by atoms with Gasteiger partial charge in [0.25, 0.3) is 0 Å². The van der Waals surface area contributed by atoms with Gasteiger partial charge in [-0.25, -0.2) is 0 Å². The second-order valence-electron chi connectivity index (χ2n) is 4.12. The number of primary amides is 1. The van der Waals surface area contributed by atoms with Crippen molar-refractivity contribution in [3.8, 4) is 0 Å². The minimum Gasteiger partial charge on any atom is -0.368 e. The summed E-state index contributed by atoms with van der Waals surface area (Å²) in [5, 5.41) is 7.41. The highest BCUT2D eigenvalue weighted by Gasteiger charge is 2.25. The lowest BCUT2D eigenvalue weighted by Gasteiger charge is -2.28. The molecule has 0 unspecified atom stereocenters. The number of carbonyl (C=O) groups excluding carboxylic acids is 1. The Bertz CT molecular complexity index is 407. The van der Waals surface area contributed by atoms with E-state index in [0.717, 1.165) is 25.7 Å². The molecule has 1 fully saturated rings. The van der Waals surface area contributed by atoms with E-state index >= 15 is 0 Å². The number of nitrogens with two attached hydrogens (primary N) is 1. The maximum Gasteiger partial charge on any atom is 0.244 e. The lowest BCUT2D eigenvalue weighted by Crippen LogP contribution is -2.40. The first-order chi connectivity index (χ1) is 8.16. The first-order valence-corrected chi connectivity index (χ1v) is 5.95. The second kappa shape index (κ2) is 5.27. The zero-order chi connectivity index (χ0) is 12.3. The van der Waals surface area contributed by atoms with Gasteiger partial charge in [0.15, 0.2) is 5.82 Å². The molecule has 0 saturated heterocycles. The maximum absolute atomic E-state index is 11.1. The Morgan fingerprint density at radius 1 is 1.53 bits per heavy atom. The van der Waals surface area contributed by atoms with Crippen LogP contribution in [0.3, 0.4) is 0 Å². The lowest BCUT2D eigenvalue weighted by atomic mass is 10.2. The summed E-state index contributed by atoms with van der Waals surface area (Å²) in [7, 11) is 0. The summed E-state index contributed by atoms with van der Waals surface area (Å²) in [6.45, 7) is 0.139. The van der Waals surface area contributed by atoms with Crippen molar-refractivity contribution in [1.82, 2.24) is 15.2 Å². The molecule has 2 rings (SSSR count). The molecule has 1 aromatic rings. The molecule has 7 heteroatoms. The van der Waals surface area contributed by atoms with Gasteiger partial charge in [-0.2, -0.15) is 10.1 Å². The van der Waals surface area contributed by atoms with Crippen LogP contribution in [0.2, 0.25) is 5.28 Å². The van der Waals surface area contributed by atoms with Gasteiger partial charge in [-0.05, 0) is 24.4 Å². The molecule has 0 spiro atoms. The van der Waals surface area contributed by atoms with Crippen LogP contribution < -0.4 is 10.6 Å². The van der Waals surface area contributed by atoms with E-state index < -0.39 is 0 Å². The molecule has 1 aliphatic rings. The Morgan fingerprint density at radius 2 is 2.24 bits per heavy atom. The Labute approximate surface area is 104 Å². The van der Waals surface area contributed by atoms with Gasteiger partial charge >= 0.3 is 0 Å². The van der Waals surface area contributed by atoms with Gasteiger partial charge < -0.3 is 10.6 Å². The van der Waals surface area contributed by atoms with Crippen LogP contribution in [-0.4, -0.2) is 33.7 Å². The highest BCUT2D eigenvalue weighted by molar-refractivity contribution is 6.28. The molecule has 2 N–H and O–H groups in total. The standard InChI is InChI=1S/C10H14ClN5O/c11-10-14-9(5-13-15-10)16(6-8(12)17)7-3-1-2-4-7/h5,7H,1-4,6H2,(H2,12,17). The zero-order valence-corrected chi connectivity index (χ0v) is 10.1. The van der Waals surface area contributed by atoms with Crippen LogP contribution >= 0.6 is 11.6 Å². The molecule has 17 heavy (non-hydrogen) atoms. The van der Waals surface area contributed by atoms with E-state index in [1.165, 1.54) is 6.20 Å². The monoisotopic (exact) mass is 255 g/mol. The fourth-order valence-electron chi connectivity index (χ4n) is 2.19. The summed E-state index contributed by atoms with van der Waals surface area (Å²) < 4.78 is 0. The molecule has 0 bridgehead atoms. The highest BCUT2D eigenvalue weighted by atomic mass is 35.5.